The van der Waals surface area contributed by atoms with Crippen LogP contribution in [-0.4, -0.2) is 5.78 Å². The predicted octanol–water partition coefficient (Wildman–Crippen LogP) is 4.34. The summed E-state index contributed by atoms with van der Waals surface area (Å²) in [6.45, 7) is 0.695. The molecule has 21 heavy (non-hydrogen) atoms. The number of halogens is 1. The van der Waals surface area contributed by atoms with Gasteiger partial charge in [0.2, 0.25) is 0 Å². The van der Waals surface area contributed by atoms with Gasteiger partial charge >= 0.3 is 0 Å². The van der Waals surface area contributed by atoms with Gasteiger partial charge in [-0.2, -0.15) is 0 Å². The van der Waals surface area contributed by atoms with Crippen LogP contribution in [0.2, 0.25) is 5.02 Å². The van der Waals surface area contributed by atoms with E-state index in [4.69, 9.17) is 11.6 Å². The standard InChI is InChI=1S/C18H16ClNO/c19-18-8-4-3-7-17(18)16-6-2-1-5-13(16)12-20-14-9-10-15(21)11-14/h1-8,11,20H,9-10,12H2. The summed E-state index contributed by atoms with van der Waals surface area (Å²) in [7, 11) is 0. The maximum atomic E-state index is 11.3. The Balaban J connectivity index is 1.85. The van der Waals surface area contributed by atoms with Gasteiger partial charge in [0.25, 0.3) is 0 Å². The van der Waals surface area contributed by atoms with Gasteiger partial charge < -0.3 is 5.32 Å². The fourth-order valence-electron chi connectivity index (χ4n) is 2.56. The van der Waals surface area contributed by atoms with Crippen molar-refractivity contribution in [2.45, 2.75) is 19.4 Å². The molecular weight excluding hydrogens is 282 g/mol. The first-order valence-corrected chi connectivity index (χ1v) is 7.42. The molecule has 3 rings (SSSR count). The van der Waals surface area contributed by atoms with E-state index in [-0.39, 0.29) is 5.78 Å². The van der Waals surface area contributed by atoms with Crippen LogP contribution in [0.3, 0.4) is 0 Å². The maximum absolute atomic E-state index is 11.3. The van der Waals surface area contributed by atoms with E-state index in [2.05, 4.69) is 17.4 Å². The highest BCUT2D eigenvalue weighted by Gasteiger charge is 2.12. The smallest absolute Gasteiger partial charge is 0.157 e. The molecule has 106 valence electrons. The topological polar surface area (TPSA) is 29.1 Å². The van der Waals surface area contributed by atoms with Crippen molar-refractivity contribution in [1.82, 2.24) is 5.32 Å². The number of benzene rings is 2. The Labute approximate surface area is 129 Å². The first-order valence-electron chi connectivity index (χ1n) is 7.04. The van der Waals surface area contributed by atoms with E-state index in [0.717, 1.165) is 28.3 Å². The van der Waals surface area contributed by atoms with Crippen LogP contribution in [0, 0.1) is 0 Å². The molecule has 0 aromatic heterocycles. The fraction of sp³-hybridized carbons (Fsp3) is 0.167. The number of hydrogen-bond donors (Lipinski definition) is 1. The normalized spacial score (nSPS) is 14.1. The van der Waals surface area contributed by atoms with E-state index in [1.807, 2.05) is 36.4 Å². The molecule has 0 spiro atoms. The molecule has 0 amide bonds. The number of carbonyl (C=O) groups is 1. The van der Waals surface area contributed by atoms with Crippen LogP contribution in [0.5, 0.6) is 0 Å². The number of carbonyl (C=O) groups excluding carboxylic acids is 1. The van der Waals surface area contributed by atoms with E-state index in [0.29, 0.717) is 13.0 Å². The Hall–Kier alpha value is -2.06. The van der Waals surface area contributed by atoms with Gasteiger partial charge in [0.05, 0.1) is 0 Å². The summed E-state index contributed by atoms with van der Waals surface area (Å²) < 4.78 is 0. The molecule has 1 aliphatic rings. The molecule has 3 heteroatoms. The highest BCUT2D eigenvalue weighted by Crippen LogP contribution is 2.30. The van der Waals surface area contributed by atoms with Crippen LogP contribution in [0.4, 0.5) is 0 Å². The Bertz CT molecular complexity index is 706. The monoisotopic (exact) mass is 297 g/mol. The first kappa shape index (κ1) is 13.9. The molecule has 0 saturated heterocycles. The van der Waals surface area contributed by atoms with Crippen molar-refractivity contribution < 1.29 is 4.79 Å². The van der Waals surface area contributed by atoms with E-state index >= 15 is 0 Å². The SMILES string of the molecule is O=C1C=C(NCc2ccccc2-c2ccccc2Cl)CC1. The lowest BCUT2D eigenvalue weighted by molar-refractivity contribution is -0.114. The zero-order valence-electron chi connectivity index (χ0n) is 11.6. The number of nitrogens with one attached hydrogen (secondary N) is 1. The molecule has 1 aliphatic carbocycles. The summed E-state index contributed by atoms with van der Waals surface area (Å²) >= 11 is 6.30. The lowest BCUT2D eigenvalue weighted by Gasteiger charge is -2.13. The Morgan fingerprint density at radius 2 is 1.67 bits per heavy atom. The van der Waals surface area contributed by atoms with E-state index < -0.39 is 0 Å². The second-order valence-electron chi connectivity index (χ2n) is 5.13. The summed E-state index contributed by atoms with van der Waals surface area (Å²) in [4.78, 5) is 11.3. The van der Waals surface area contributed by atoms with Crippen LogP contribution in [0.25, 0.3) is 11.1 Å². The maximum Gasteiger partial charge on any atom is 0.157 e. The van der Waals surface area contributed by atoms with Crippen molar-refractivity contribution in [1.29, 1.82) is 0 Å². The predicted molar refractivity (Wildman–Crippen MR) is 86.1 cm³/mol. The Kier molecular flexibility index (Phi) is 4.07. The molecule has 1 N–H and O–H groups in total. The Morgan fingerprint density at radius 1 is 0.952 bits per heavy atom. The largest absolute Gasteiger partial charge is 0.384 e. The third kappa shape index (κ3) is 3.17. The summed E-state index contributed by atoms with van der Waals surface area (Å²) in [5.41, 5.74) is 4.35. The molecule has 0 heterocycles. The van der Waals surface area contributed by atoms with Crippen molar-refractivity contribution in [3.63, 3.8) is 0 Å². The summed E-state index contributed by atoms with van der Waals surface area (Å²) in [5.74, 6) is 0.205. The minimum Gasteiger partial charge on any atom is -0.384 e. The molecule has 0 unspecified atom stereocenters. The highest BCUT2D eigenvalue weighted by atomic mass is 35.5. The van der Waals surface area contributed by atoms with Crippen LogP contribution in [0.15, 0.2) is 60.3 Å². The van der Waals surface area contributed by atoms with Gasteiger partial charge in [-0.15, -0.1) is 0 Å². The lowest BCUT2D eigenvalue weighted by atomic mass is 9.99. The minimum atomic E-state index is 0.205. The molecule has 0 bridgehead atoms. The van der Waals surface area contributed by atoms with Crippen molar-refractivity contribution in [3.05, 3.63) is 70.9 Å². The van der Waals surface area contributed by atoms with Gasteiger partial charge in [-0.1, -0.05) is 54.1 Å². The zero-order chi connectivity index (χ0) is 14.7. The number of hydrogen-bond acceptors (Lipinski definition) is 2. The second kappa shape index (κ2) is 6.15. The van der Waals surface area contributed by atoms with Crippen molar-refractivity contribution in [3.8, 4) is 11.1 Å². The van der Waals surface area contributed by atoms with Crippen LogP contribution in [0.1, 0.15) is 18.4 Å². The van der Waals surface area contributed by atoms with Gasteiger partial charge in [0.1, 0.15) is 0 Å². The van der Waals surface area contributed by atoms with Gasteiger partial charge in [0, 0.05) is 35.3 Å². The van der Waals surface area contributed by atoms with E-state index in [9.17, 15) is 4.79 Å². The second-order valence-corrected chi connectivity index (χ2v) is 5.53. The average molecular weight is 298 g/mol. The fourth-order valence-corrected chi connectivity index (χ4v) is 2.80. The lowest BCUT2D eigenvalue weighted by Crippen LogP contribution is -2.12. The molecule has 2 nitrogen and oxygen atoms in total. The number of allylic oxidation sites excluding steroid dienone is 2. The number of ketones is 1. The zero-order valence-corrected chi connectivity index (χ0v) is 12.4. The van der Waals surface area contributed by atoms with Gasteiger partial charge in [-0.05, 0) is 23.6 Å². The minimum absolute atomic E-state index is 0.205. The third-order valence-corrected chi connectivity index (χ3v) is 3.99. The van der Waals surface area contributed by atoms with Crippen LogP contribution >= 0.6 is 11.6 Å². The molecule has 0 aliphatic heterocycles. The first-order chi connectivity index (χ1) is 10.2. The summed E-state index contributed by atoms with van der Waals surface area (Å²) in [6, 6.07) is 16.0. The highest BCUT2D eigenvalue weighted by molar-refractivity contribution is 6.33. The number of rotatable bonds is 4. The van der Waals surface area contributed by atoms with Crippen molar-refractivity contribution in [2.75, 3.05) is 0 Å². The summed E-state index contributed by atoms with van der Waals surface area (Å²) in [6.07, 6.45) is 3.14. The van der Waals surface area contributed by atoms with E-state index in [1.54, 1.807) is 6.08 Å². The van der Waals surface area contributed by atoms with Gasteiger partial charge in [-0.25, -0.2) is 0 Å². The molecule has 0 atom stereocenters. The molecule has 0 fully saturated rings. The van der Waals surface area contributed by atoms with Crippen molar-refractivity contribution >= 4 is 17.4 Å². The molecule has 0 saturated carbocycles. The van der Waals surface area contributed by atoms with Gasteiger partial charge in [-0.3, -0.25) is 4.79 Å². The molecule has 2 aromatic rings. The van der Waals surface area contributed by atoms with Crippen molar-refractivity contribution in [2.24, 2.45) is 0 Å². The molecular formula is C18H16ClNO. The Morgan fingerprint density at radius 3 is 2.38 bits per heavy atom. The quantitative estimate of drug-likeness (QED) is 0.909. The van der Waals surface area contributed by atoms with Crippen LogP contribution < -0.4 is 5.32 Å². The third-order valence-electron chi connectivity index (χ3n) is 3.66. The summed E-state index contributed by atoms with van der Waals surface area (Å²) in [5, 5.41) is 4.11. The van der Waals surface area contributed by atoms with Crippen LogP contribution in [-0.2, 0) is 11.3 Å². The molecule has 0 radical (unpaired) electrons. The van der Waals surface area contributed by atoms with Gasteiger partial charge in [0.15, 0.2) is 5.78 Å². The van der Waals surface area contributed by atoms with E-state index in [1.165, 1.54) is 5.56 Å². The average Bonchev–Trinajstić information content (AvgIpc) is 2.92. The molecule has 2 aromatic carbocycles.